The van der Waals surface area contributed by atoms with Crippen molar-refractivity contribution in [2.75, 3.05) is 30.9 Å². The molecular weight excluding hydrogens is 350 g/mol. The molecule has 1 saturated heterocycles. The van der Waals surface area contributed by atoms with Gasteiger partial charge in [0.2, 0.25) is 0 Å². The van der Waals surface area contributed by atoms with Gasteiger partial charge in [0.15, 0.2) is 0 Å². The molecule has 1 unspecified atom stereocenters. The van der Waals surface area contributed by atoms with E-state index < -0.39 is 5.66 Å². The van der Waals surface area contributed by atoms with Crippen molar-refractivity contribution in [1.82, 2.24) is 10.2 Å². The first-order valence-corrected chi connectivity index (χ1v) is 11.0. The van der Waals surface area contributed by atoms with Crippen molar-refractivity contribution in [1.29, 1.82) is 0 Å². The smallest absolute Gasteiger partial charge is 0.254 e. The summed E-state index contributed by atoms with van der Waals surface area (Å²) in [6.07, 6.45) is 4.76. The molecule has 6 heteroatoms. The van der Waals surface area contributed by atoms with Crippen molar-refractivity contribution in [2.45, 2.75) is 44.8 Å². The molecule has 1 aromatic carbocycles. The minimum Gasteiger partial charge on any atom is -0.331 e. The van der Waals surface area contributed by atoms with Gasteiger partial charge in [0.25, 0.3) is 5.91 Å². The number of thiol groups is 1. The molecule has 140 valence electrons. The number of nitrogens with zero attached hydrogens (tertiary/aromatic N) is 1. The summed E-state index contributed by atoms with van der Waals surface area (Å²) in [5, 5.41) is 3.50. The van der Waals surface area contributed by atoms with Crippen LogP contribution in [0.5, 0.6) is 0 Å². The van der Waals surface area contributed by atoms with E-state index in [9.17, 15) is 4.79 Å². The van der Waals surface area contributed by atoms with E-state index in [1.54, 1.807) is 11.8 Å². The normalized spacial score (nSPS) is 23.7. The van der Waals surface area contributed by atoms with Crippen LogP contribution in [0.25, 0.3) is 0 Å². The number of benzene rings is 1. The van der Waals surface area contributed by atoms with E-state index in [0.29, 0.717) is 6.54 Å². The first-order chi connectivity index (χ1) is 11.9. The summed E-state index contributed by atoms with van der Waals surface area (Å²) in [4.78, 5) is 15.3. The molecule has 0 aromatic heterocycles. The third-order valence-electron chi connectivity index (χ3n) is 5.23. The molecule has 2 atom stereocenters. The quantitative estimate of drug-likeness (QED) is 0.636. The standard InChI is InChI=1S/C19H31N3OS2/c1-14-6-4-7-16(15(14)2)18(23)22-11-10-21-19(20,9-13-25-3)17(22)8-5-12-24/h4,6-7,17,21,24H,5,8-13,20H2,1-3H3/t17?,19-/m0/s1. The molecule has 1 fully saturated rings. The van der Waals surface area contributed by atoms with Crippen molar-refractivity contribution < 1.29 is 4.79 Å². The minimum atomic E-state index is -0.530. The van der Waals surface area contributed by atoms with Crippen LogP contribution in [0.2, 0.25) is 0 Å². The number of nitrogens with one attached hydrogen (secondary N) is 1. The molecule has 0 spiro atoms. The third-order valence-corrected chi connectivity index (χ3v) is 6.16. The highest BCUT2D eigenvalue weighted by molar-refractivity contribution is 7.98. The van der Waals surface area contributed by atoms with Gasteiger partial charge in [-0.25, -0.2) is 0 Å². The highest BCUT2D eigenvalue weighted by Gasteiger charge is 2.43. The predicted molar refractivity (Wildman–Crippen MR) is 112 cm³/mol. The second-order valence-electron chi connectivity index (χ2n) is 6.84. The molecule has 1 heterocycles. The van der Waals surface area contributed by atoms with Gasteiger partial charge in [0.05, 0.1) is 11.7 Å². The molecule has 4 nitrogen and oxygen atoms in total. The molecule has 1 aromatic rings. The monoisotopic (exact) mass is 381 g/mol. The zero-order chi connectivity index (χ0) is 18.4. The SMILES string of the molecule is CSCC[C@]1(N)NCCN(C(=O)c2cccc(C)c2C)C1CCCS. The number of hydrogen-bond donors (Lipinski definition) is 3. The number of carbonyl (C=O) groups is 1. The molecule has 1 aliphatic rings. The molecule has 0 saturated carbocycles. The van der Waals surface area contributed by atoms with Crippen LogP contribution in [0.4, 0.5) is 0 Å². The van der Waals surface area contributed by atoms with Gasteiger partial charge in [-0.3, -0.25) is 10.1 Å². The zero-order valence-corrected chi connectivity index (χ0v) is 17.3. The molecule has 3 N–H and O–H groups in total. The molecule has 0 aliphatic carbocycles. The van der Waals surface area contributed by atoms with Crippen LogP contribution >= 0.6 is 24.4 Å². The van der Waals surface area contributed by atoms with Gasteiger partial charge in [-0.15, -0.1) is 0 Å². The molecule has 25 heavy (non-hydrogen) atoms. The van der Waals surface area contributed by atoms with Crippen LogP contribution < -0.4 is 11.1 Å². The van der Waals surface area contributed by atoms with Gasteiger partial charge < -0.3 is 10.6 Å². The number of piperazine rings is 1. The Labute approximate surface area is 161 Å². The maximum absolute atomic E-state index is 13.3. The molecule has 0 radical (unpaired) electrons. The first-order valence-electron chi connectivity index (χ1n) is 8.95. The van der Waals surface area contributed by atoms with Crippen molar-refractivity contribution in [2.24, 2.45) is 5.73 Å². The van der Waals surface area contributed by atoms with E-state index in [1.165, 1.54) is 0 Å². The largest absolute Gasteiger partial charge is 0.331 e. The summed E-state index contributed by atoms with van der Waals surface area (Å²) < 4.78 is 0. The third kappa shape index (κ3) is 4.73. The Morgan fingerprint density at radius 1 is 1.48 bits per heavy atom. The second-order valence-corrected chi connectivity index (χ2v) is 8.27. The highest BCUT2D eigenvalue weighted by atomic mass is 32.2. The van der Waals surface area contributed by atoms with Gasteiger partial charge in [0.1, 0.15) is 0 Å². The van der Waals surface area contributed by atoms with Crippen LogP contribution in [0.15, 0.2) is 18.2 Å². The fourth-order valence-electron chi connectivity index (χ4n) is 3.57. The van der Waals surface area contributed by atoms with E-state index >= 15 is 0 Å². The first kappa shape index (κ1) is 20.6. The summed E-state index contributed by atoms with van der Waals surface area (Å²) in [5.41, 5.74) is 9.24. The fraction of sp³-hybridized carbons (Fsp3) is 0.632. The van der Waals surface area contributed by atoms with Crippen LogP contribution in [0, 0.1) is 13.8 Å². The van der Waals surface area contributed by atoms with Crippen LogP contribution in [0.1, 0.15) is 40.7 Å². The fourth-order valence-corrected chi connectivity index (χ4v) is 4.29. The van der Waals surface area contributed by atoms with Crippen LogP contribution in [-0.4, -0.2) is 53.4 Å². The molecule has 0 bridgehead atoms. The van der Waals surface area contributed by atoms with E-state index in [4.69, 9.17) is 5.73 Å². The Balaban J connectivity index is 2.31. The van der Waals surface area contributed by atoms with E-state index in [1.807, 2.05) is 36.9 Å². The zero-order valence-electron chi connectivity index (χ0n) is 15.5. The highest BCUT2D eigenvalue weighted by Crippen LogP contribution is 2.27. The van der Waals surface area contributed by atoms with Gasteiger partial charge >= 0.3 is 0 Å². The van der Waals surface area contributed by atoms with Crippen LogP contribution in [-0.2, 0) is 0 Å². The number of aryl methyl sites for hydroxylation is 1. The van der Waals surface area contributed by atoms with Gasteiger partial charge in [-0.05, 0) is 68.1 Å². The maximum Gasteiger partial charge on any atom is 0.254 e. The molecule has 1 amide bonds. The number of nitrogens with two attached hydrogens (primary N) is 1. The number of thioether (sulfide) groups is 1. The lowest BCUT2D eigenvalue weighted by atomic mass is 9.89. The van der Waals surface area contributed by atoms with Crippen LogP contribution in [0.3, 0.4) is 0 Å². The van der Waals surface area contributed by atoms with Crippen molar-refractivity contribution >= 4 is 30.3 Å². The summed E-state index contributed by atoms with van der Waals surface area (Å²) in [7, 11) is 0. The van der Waals surface area contributed by atoms with E-state index in [2.05, 4.69) is 24.2 Å². The Kier molecular flexibility index (Phi) is 7.68. The lowest BCUT2D eigenvalue weighted by molar-refractivity contribution is 0.0337. The molecule has 1 aliphatic heterocycles. The van der Waals surface area contributed by atoms with E-state index in [0.717, 1.165) is 54.0 Å². The van der Waals surface area contributed by atoms with Gasteiger partial charge in [-0.2, -0.15) is 24.4 Å². The Bertz CT molecular complexity index is 596. The van der Waals surface area contributed by atoms with Gasteiger partial charge in [0, 0.05) is 18.7 Å². The second kappa shape index (κ2) is 9.31. The average molecular weight is 382 g/mol. The minimum absolute atomic E-state index is 0.00652. The number of rotatable bonds is 7. The number of carbonyl (C=O) groups excluding carboxylic acids is 1. The topological polar surface area (TPSA) is 58.4 Å². The molecular formula is C19H31N3OS2. The number of hydrogen-bond acceptors (Lipinski definition) is 5. The lowest BCUT2D eigenvalue weighted by Gasteiger charge is -2.49. The van der Waals surface area contributed by atoms with Crippen molar-refractivity contribution in [3.63, 3.8) is 0 Å². The summed E-state index contributed by atoms with van der Waals surface area (Å²) >= 11 is 6.15. The van der Waals surface area contributed by atoms with E-state index in [-0.39, 0.29) is 11.9 Å². The number of amides is 1. The Morgan fingerprint density at radius 3 is 2.92 bits per heavy atom. The summed E-state index contributed by atoms with van der Waals surface area (Å²) in [5.74, 6) is 1.89. The Morgan fingerprint density at radius 2 is 2.24 bits per heavy atom. The average Bonchev–Trinajstić information content (AvgIpc) is 2.60. The van der Waals surface area contributed by atoms with Crippen molar-refractivity contribution in [3.05, 3.63) is 34.9 Å². The lowest BCUT2D eigenvalue weighted by Crippen LogP contribution is -2.72. The summed E-state index contributed by atoms with van der Waals surface area (Å²) in [6, 6.07) is 5.94. The summed E-state index contributed by atoms with van der Waals surface area (Å²) in [6.45, 7) is 5.51. The Hall–Kier alpha value is -0.690. The predicted octanol–water partition coefficient (Wildman–Crippen LogP) is 2.84. The maximum atomic E-state index is 13.3. The molecule has 2 rings (SSSR count). The van der Waals surface area contributed by atoms with Gasteiger partial charge in [-0.1, -0.05) is 12.1 Å². The van der Waals surface area contributed by atoms with Crippen molar-refractivity contribution in [3.8, 4) is 0 Å².